The molecule has 4 rings (SSSR count). The van der Waals surface area contributed by atoms with Crippen molar-refractivity contribution in [1.29, 1.82) is 0 Å². The van der Waals surface area contributed by atoms with Gasteiger partial charge >= 0.3 is 0 Å². The van der Waals surface area contributed by atoms with Crippen LogP contribution >= 0.6 is 11.6 Å². The van der Waals surface area contributed by atoms with E-state index in [-0.39, 0.29) is 11.8 Å². The molecule has 3 heterocycles. The summed E-state index contributed by atoms with van der Waals surface area (Å²) in [5.74, 6) is 2.77. The maximum absolute atomic E-state index is 12.7. The second-order valence-corrected chi connectivity index (χ2v) is 7.06. The average Bonchev–Trinajstić information content (AvgIpc) is 2.99. The van der Waals surface area contributed by atoms with Crippen molar-refractivity contribution in [3.05, 3.63) is 34.6 Å². The maximum Gasteiger partial charge on any atom is 0.270 e. The molecule has 2 atom stereocenters. The fourth-order valence-corrected chi connectivity index (χ4v) is 3.77. The van der Waals surface area contributed by atoms with E-state index in [2.05, 4.69) is 20.2 Å². The number of aromatic nitrogens is 4. The van der Waals surface area contributed by atoms with Crippen LogP contribution in [0.4, 0.5) is 0 Å². The first-order valence-electron chi connectivity index (χ1n) is 8.19. The van der Waals surface area contributed by atoms with Crippen LogP contribution in [0.3, 0.4) is 0 Å². The molecule has 7 nitrogen and oxygen atoms in total. The van der Waals surface area contributed by atoms with Crippen molar-refractivity contribution < 1.29 is 9.53 Å². The van der Waals surface area contributed by atoms with E-state index in [1.807, 2.05) is 4.90 Å². The van der Waals surface area contributed by atoms with Gasteiger partial charge in [0.1, 0.15) is 12.3 Å². The van der Waals surface area contributed by atoms with Gasteiger partial charge in [0.25, 0.3) is 5.91 Å². The predicted molar refractivity (Wildman–Crippen MR) is 87.8 cm³/mol. The highest BCUT2D eigenvalue weighted by molar-refractivity contribution is 6.30. The van der Waals surface area contributed by atoms with Crippen LogP contribution in [0, 0.1) is 11.8 Å². The average molecular weight is 350 g/mol. The molecular weight excluding hydrogens is 330 g/mol. The Kier molecular flexibility index (Phi) is 4.05. The zero-order chi connectivity index (χ0) is 16.7. The monoisotopic (exact) mass is 349 g/mol. The quantitative estimate of drug-likeness (QED) is 0.866. The first kappa shape index (κ1) is 15.7. The van der Waals surface area contributed by atoms with Crippen LogP contribution in [0.2, 0.25) is 5.02 Å². The third-order valence-corrected chi connectivity index (χ3v) is 5.14. The normalized spacial score (nSPS) is 23.8. The van der Waals surface area contributed by atoms with Crippen LogP contribution in [-0.4, -0.2) is 51.2 Å². The maximum atomic E-state index is 12.7. The van der Waals surface area contributed by atoms with Crippen molar-refractivity contribution in [2.45, 2.75) is 25.4 Å². The van der Waals surface area contributed by atoms with Gasteiger partial charge in [0.15, 0.2) is 11.6 Å². The molecule has 0 unspecified atom stereocenters. The summed E-state index contributed by atoms with van der Waals surface area (Å²) >= 11 is 5.92. The molecule has 1 aliphatic heterocycles. The number of hydrogen-bond acceptors (Lipinski definition) is 4. The molecule has 0 spiro atoms. The van der Waals surface area contributed by atoms with E-state index < -0.39 is 0 Å². The number of amides is 1. The predicted octanol–water partition coefficient (Wildman–Crippen LogP) is 2.20. The number of nitrogens with zero attached hydrogens (tertiary/aromatic N) is 3. The minimum Gasteiger partial charge on any atom is -0.377 e. The Hall–Kier alpha value is -1.86. The first-order chi connectivity index (χ1) is 11.7. The Bertz CT molecular complexity index is 738. The molecule has 1 aliphatic carbocycles. The Morgan fingerprint density at radius 2 is 2.29 bits per heavy atom. The highest BCUT2D eigenvalue weighted by Gasteiger charge is 2.46. The standard InChI is InChI=1S/C16H20ClN5O2/c1-24-8-14-19-15(21-20-14)12-7-22(6-11(12)9-2-3-9)16(23)13-4-10(17)5-18-13/h4-5,9,11-12,18H,2-3,6-8H2,1H3,(H,19,20,21)/t11-,12+/m1/s1. The molecule has 1 amide bonds. The van der Waals surface area contributed by atoms with E-state index in [0.717, 1.165) is 18.2 Å². The molecule has 2 fully saturated rings. The van der Waals surface area contributed by atoms with Crippen molar-refractivity contribution in [3.8, 4) is 0 Å². The van der Waals surface area contributed by atoms with Crippen LogP contribution in [0.15, 0.2) is 12.3 Å². The molecule has 1 saturated heterocycles. The van der Waals surface area contributed by atoms with Crippen molar-refractivity contribution >= 4 is 17.5 Å². The van der Waals surface area contributed by atoms with Crippen LogP contribution in [-0.2, 0) is 11.3 Å². The Balaban J connectivity index is 1.54. The summed E-state index contributed by atoms with van der Waals surface area (Å²) in [6, 6.07) is 1.67. The van der Waals surface area contributed by atoms with Gasteiger partial charge in [0.2, 0.25) is 0 Å². The number of likely N-dealkylation sites (tertiary alicyclic amines) is 1. The Labute approximate surface area is 144 Å². The number of carbonyl (C=O) groups is 1. The topological polar surface area (TPSA) is 86.9 Å². The second kappa shape index (κ2) is 6.22. The minimum absolute atomic E-state index is 0.0114. The van der Waals surface area contributed by atoms with Crippen molar-refractivity contribution in [1.82, 2.24) is 25.1 Å². The van der Waals surface area contributed by atoms with Crippen LogP contribution in [0.5, 0.6) is 0 Å². The minimum atomic E-state index is -0.0114. The van der Waals surface area contributed by atoms with Crippen LogP contribution < -0.4 is 0 Å². The lowest BCUT2D eigenvalue weighted by atomic mass is 9.91. The molecule has 128 valence electrons. The third kappa shape index (κ3) is 2.93. The summed E-state index contributed by atoms with van der Waals surface area (Å²) < 4.78 is 5.10. The fraction of sp³-hybridized carbons (Fsp3) is 0.562. The molecule has 0 bridgehead atoms. The number of ether oxygens (including phenoxy) is 1. The summed E-state index contributed by atoms with van der Waals surface area (Å²) in [5.41, 5.74) is 0.533. The molecule has 24 heavy (non-hydrogen) atoms. The summed E-state index contributed by atoms with van der Waals surface area (Å²) in [7, 11) is 1.63. The van der Waals surface area contributed by atoms with E-state index in [0.29, 0.717) is 35.7 Å². The number of nitrogens with one attached hydrogen (secondary N) is 2. The highest BCUT2D eigenvalue weighted by Crippen LogP contribution is 2.47. The number of hydrogen-bond donors (Lipinski definition) is 2. The van der Waals surface area contributed by atoms with E-state index in [1.165, 1.54) is 12.8 Å². The molecule has 2 aliphatic rings. The third-order valence-electron chi connectivity index (χ3n) is 4.92. The zero-order valence-corrected chi connectivity index (χ0v) is 14.2. The molecule has 0 radical (unpaired) electrons. The van der Waals surface area contributed by atoms with Gasteiger partial charge in [0, 0.05) is 32.3 Å². The zero-order valence-electron chi connectivity index (χ0n) is 13.5. The Morgan fingerprint density at radius 1 is 1.46 bits per heavy atom. The van der Waals surface area contributed by atoms with E-state index in [9.17, 15) is 4.79 Å². The van der Waals surface area contributed by atoms with Gasteiger partial charge in [-0.2, -0.15) is 5.10 Å². The molecular formula is C16H20ClN5O2. The van der Waals surface area contributed by atoms with Gasteiger partial charge in [-0.3, -0.25) is 9.89 Å². The SMILES string of the molecule is COCc1nc([C@H]2CN(C(=O)c3cc(Cl)c[nH]3)C[C@@H]2C2CC2)n[nH]1. The van der Waals surface area contributed by atoms with Gasteiger partial charge < -0.3 is 14.6 Å². The summed E-state index contributed by atoms with van der Waals surface area (Å²) in [6.45, 7) is 1.80. The lowest BCUT2D eigenvalue weighted by molar-refractivity contribution is 0.0779. The summed E-state index contributed by atoms with van der Waals surface area (Å²) in [5, 5.41) is 7.84. The second-order valence-electron chi connectivity index (χ2n) is 6.62. The van der Waals surface area contributed by atoms with Crippen LogP contribution in [0.25, 0.3) is 0 Å². The Morgan fingerprint density at radius 3 is 2.96 bits per heavy atom. The number of H-pyrrole nitrogens is 2. The molecule has 2 aromatic heterocycles. The van der Waals surface area contributed by atoms with Crippen molar-refractivity contribution in [2.75, 3.05) is 20.2 Å². The van der Waals surface area contributed by atoms with E-state index >= 15 is 0 Å². The van der Waals surface area contributed by atoms with Crippen molar-refractivity contribution in [2.24, 2.45) is 11.8 Å². The number of rotatable bonds is 5. The molecule has 2 N–H and O–H groups in total. The number of carbonyl (C=O) groups excluding carboxylic acids is 1. The fourth-order valence-electron chi connectivity index (χ4n) is 3.61. The van der Waals surface area contributed by atoms with E-state index in [1.54, 1.807) is 19.4 Å². The summed E-state index contributed by atoms with van der Waals surface area (Å²) in [6.07, 6.45) is 4.09. The van der Waals surface area contributed by atoms with Gasteiger partial charge in [-0.15, -0.1) is 0 Å². The summed E-state index contributed by atoms with van der Waals surface area (Å²) in [4.78, 5) is 22.1. The van der Waals surface area contributed by atoms with Crippen LogP contribution in [0.1, 0.15) is 40.9 Å². The number of aromatic amines is 2. The van der Waals surface area contributed by atoms with Gasteiger partial charge in [-0.25, -0.2) is 4.98 Å². The van der Waals surface area contributed by atoms with Gasteiger partial charge in [0.05, 0.1) is 5.02 Å². The highest BCUT2D eigenvalue weighted by atomic mass is 35.5. The van der Waals surface area contributed by atoms with Gasteiger partial charge in [-0.1, -0.05) is 11.6 Å². The lowest BCUT2D eigenvalue weighted by Crippen LogP contribution is -2.29. The largest absolute Gasteiger partial charge is 0.377 e. The number of methoxy groups -OCH3 is 1. The molecule has 0 aromatic carbocycles. The molecule has 2 aromatic rings. The molecule has 1 saturated carbocycles. The van der Waals surface area contributed by atoms with Gasteiger partial charge in [-0.05, 0) is 30.7 Å². The smallest absolute Gasteiger partial charge is 0.270 e. The van der Waals surface area contributed by atoms with Crippen molar-refractivity contribution in [3.63, 3.8) is 0 Å². The first-order valence-corrected chi connectivity index (χ1v) is 8.57. The van der Waals surface area contributed by atoms with E-state index in [4.69, 9.17) is 16.3 Å². The number of halogens is 1. The lowest BCUT2D eigenvalue weighted by Gasteiger charge is -2.15. The molecule has 8 heteroatoms.